The van der Waals surface area contributed by atoms with E-state index in [9.17, 15) is 4.79 Å². The van der Waals surface area contributed by atoms with Crippen molar-refractivity contribution >= 4 is 5.91 Å². The molecule has 0 radical (unpaired) electrons. The van der Waals surface area contributed by atoms with E-state index in [2.05, 4.69) is 16.3 Å². The van der Waals surface area contributed by atoms with Crippen LogP contribution in [0.15, 0.2) is 0 Å². The van der Waals surface area contributed by atoms with Gasteiger partial charge in [-0.05, 0) is 59.2 Å². The normalized spacial score (nSPS) is 24.2. The zero-order valence-corrected chi connectivity index (χ0v) is 13.3. The summed E-state index contributed by atoms with van der Waals surface area (Å²) in [6.07, 6.45) is 4.79. The van der Waals surface area contributed by atoms with Gasteiger partial charge in [-0.15, -0.1) is 0 Å². The second kappa shape index (κ2) is 7.77. The van der Waals surface area contributed by atoms with E-state index in [-0.39, 0.29) is 18.0 Å². The van der Waals surface area contributed by atoms with E-state index in [1.807, 2.05) is 18.7 Å². The summed E-state index contributed by atoms with van der Waals surface area (Å²) in [5, 5.41) is 12.2. The van der Waals surface area contributed by atoms with Crippen molar-refractivity contribution in [3.63, 3.8) is 0 Å². The molecular formula is C16H28N4O. The summed E-state index contributed by atoms with van der Waals surface area (Å²) in [7, 11) is 0. The number of hydrogen-bond acceptors (Lipinski definition) is 4. The molecule has 0 aromatic heterocycles. The van der Waals surface area contributed by atoms with Gasteiger partial charge in [0.2, 0.25) is 5.91 Å². The van der Waals surface area contributed by atoms with Crippen LogP contribution in [0.3, 0.4) is 0 Å². The first-order chi connectivity index (χ1) is 10.1. The van der Waals surface area contributed by atoms with Crippen molar-refractivity contribution in [2.45, 2.75) is 64.1 Å². The third-order valence-electron chi connectivity index (χ3n) is 4.73. The number of piperidine rings is 1. The molecule has 2 aliphatic rings. The fourth-order valence-electron chi connectivity index (χ4n) is 3.61. The Balaban J connectivity index is 2.02. The molecule has 5 heteroatoms. The maximum absolute atomic E-state index is 12.9. The van der Waals surface area contributed by atoms with Crippen LogP contribution >= 0.6 is 0 Å². The molecule has 0 bridgehead atoms. The molecule has 2 rings (SSSR count). The van der Waals surface area contributed by atoms with E-state index in [4.69, 9.17) is 5.26 Å². The predicted molar refractivity (Wildman–Crippen MR) is 82.7 cm³/mol. The number of hydrogen-bond donors (Lipinski definition) is 1. The highest BCUT2D eigenvalue weighted by atomic mass is 16.2. The van der Waals surface area contributed by atoms with Crippen LogP contribution in [-0.4, -0.2) is 60.0 Å². The molecule has 1 N–H and O–H groups in total. The first kappa shape index (κ1) is 16.3. The Morgan fingerprint density at radius 3 is 2.71 bits per heavy atom. The summed E-state index contributed by atoms with van der Waals surface area (Å²) in [6.45, 7) is 7.81. The Bertz CT molecular complexity index is 384. The van der Waals surface area contributed by atoms with Crippen LogP contribution < -0.4 is 5.32 Å². The quantitative estimate of drug-likeness (QED) is 0.831. The van der Waals surface area contributed by atoms with Crippen molar-refractivity contribution in [3.8, 4) is 6.07 Å². The number of nitrogens with one attached hydrogen (secondary N) is 1. The van der Waals surface area contributed by atoms with Gasteiger partial charge >= 0.3 is 0 Å². The molecule has 0 aromatic carbocycles. The minimum atomic E-state index is 0.0363. The summed E-state index contributed by atoms with van der Waals surface area (Å²) in [4.78, 5) is 17.2. The minimum absolute atomic E-state index is 0.0363. The Hall–Kier alpha value is -1.12. The van der Waals surface area contributed by atoms with Crippen molar-refractivity contribution in [3.05, 3.63) is 0 Å². The third-order valence-corrected chi connectivity index (χ3v) is 4.73. The van der Waals surface area contributed by atoms with Crippen LogP contribution in [0.1, 0.15) is 46.0 Å². The zero-order chi connectivity index (χ0) is 15.2. The molecular weight excluding hydrogens is 264 g/mol. The van der Waals surface area contributed by atoms with Gasteiger partial charge < -0.3 is 10.2 Å². The first-order valence-corrected chi connectivity index (χ1v) is 8.29. The lowest BCUT2D eigenvalue weighted by Crippen LogP contribution is -2.53. The lowest BCUT2D eigenvalue weighted by atomic mass is 10.0. The molecule has 2 heterocycles. The molecule has 0 aromatic rings. The largest absolute Gasteiger partial charge is 0.338 e. The van der Waals surface area contributed by atoms with Crippen molar-refractivity contribution in [1.82, 2.24) is 15.1 Å². The number of nitrogens with zero attached hydrogens (tertiary/aromatic N) is 3. The summed E-state index contributed by atoms with van der Waals surface area (Å²) in [5.41, 5.74) is 0. The van der Waals surface area contributed by atoms with Crippen molar-refractivity contribution in [2.75, 3.05) is 26.2 Å². The predicted octanol–water partition coefficient (Wildman–Crippen LogP) is 1.35. The van der Waals surface area contributed by atoms with Gasteiger partial charge in [0.25, 0.3) is 0 Å². The van der Waals surface area contributed by atoms with E-state index in [1.54, 1.807) is 0 Å². The Morgan fingerprint density at radius 2 is 2.10 bits per heavy atom. The van der Waals surface area contributed by atoms with Crippen LogP contribution in [0.4, 0.5) is 0 Å². The highest BCUT2D eigenvalue weighted by Gasteiger charge is 2.38. The Morgan fingerprint density at radius 1 is 1.38 bits per heavy atom. The lowest BCUT2D eigenvalue weighted by molar-refractivity contribution is -0.138. The summed E-state index contributed by atoms with van der Waals surface area (Å²) < 4.78 is 0. The number of likely N-dealkylation sites (tertiary alicyclic amines) is 1. The van der Waals surface area contributed by atoms with Crippen molar-refractivity contribution < 1.29 is 4.79 Å². The molecule has 0 aliphatic carbocycles. The number of carbonyl (C=O) groups is 1. The van der Waals surface area contributed by atoms with E-state index in [0.29, 0.717) is 19.0 Å². The van der Waals surface area contributed by atoms with Gasteiger partial charge in [0.05, 0.1) is 18.5 Å². The van der Waals surface area contributed by atoms with Crippen molar-refractivity contribution in [2.24, 2.45) is 0 Å². The Kier molecular flexibility index (Phi) is 6.01. The van der Waals surface area contributed by atoms with Crippen LogP contribution in [-0.2, 0) is 4.79 Å². The topological polar surface area (TPSA) is 59.4 Å². The van der Waals surface area contributed by atoms with Crippen LogP contribution in [0.5, 0.6) is 0 Å². The lowest BCUT2D eigenvalue weighted by Gasteiger charge is -2.38. The van der Waals surface area contributed by atoms with Gasteiger partial charge in [-0.3, -0.25) is 9.69 Å². The van der Waals surface area contributed by atoms with E-state index >= 15 is 0 Å². The fraction of sp³-hybridized carbons (Fsp3) is 0.875. The van der Waals surface area contributed by atoms with Gasteiger partial charge in [-0.1, -0.05) is 0 Å². The molecule has 1 amide bonds. The summed E-state index contributed by atoms with van der Waals surface area (Å²) >= 11 is 0. The Labute approximate surface area is 128 Å². The minimum Gasteiger partial charge on any atom is -0.338 e. The second-order valence-electron chi connectivity index (χ2n) is 6.41. The maximum Gasteiger partial charge on any atom is 0.240 e. The highest BCUT2D eigenvalue weighted by Crippen LogP contribution is 2.26. The molecule has 2 aliphatic heterocycles. The summed E-state index contributed by atoms with van der Waals surface area (Å²) in [5.74, 6) is 0.233. The van der Waals surface area contributed by atoms with Crippen LogP contribution in [0.2, 0.25) is 0 Å². The molecule has 0 spiro atoms. The fourth-order valence-corrected chi connectivity index (χ4v) is 3.61. The average Bonchev–Trinajstić information content (AvgIpc) is 2.97. The van der Waals surface area contributed by atoms with Gasteiger partial charge in [0, 0.05) is 18.6 Å². The molecule has 118 valence electrons. The van der Waals surface area contributed by atoms with E-state index < -0.39 is 0 Å². The second-order valence-corrected chi connectivity index (χ2v) is 6.41. The smallest absolute Gasteiger partial charge is 0.240 e. The van der Waals surface area contributed by atoms with Gasteiger partial charge in [-0.2, -0.15) is 5.26 Å². The standard InChI is InChI=1S/C16H28N4O/c1-13(2)19(12-4-8-17)16(21)15-5-3-11-20(15)14-6-9-18-10-7-14/h13-15,18H,3-7,9-12H2,1-2H3. The van der Waals surface area contributed by atoms with E-state index in [1.165, 1.54) is 0 Å². The number of nitriles is 1. The van der Waals surface area contributed by atoms with E-state index in [0.717, 1.165) is 45.3 Å². The maximum atomic E-state index is 12.9. The van der Waals surface area contributed by atoms with Gasteiger partial charge in [0.1, 0.15) is 0 Å². The number of carbonyl (C=O) groups excluding carboxylic acids is 1. The van der Waals surface area contributed by atoms with Gasteiger partial charge in [-0.25, -0.2) is 0 Å². The molecule has 1 unspecified atom stereocenters. The zero-order valence-electron chi connectivity index (χ0n) is 13.3. The molecule has 1 atom stereocenters. The molecule has 5 nitrogen and oxygen atoms in total. The average molecular weight is 292 g/mol. The third kappa shape index (κ3) is 3.96. The number of amides is 1. The first-order valence-electron chi connectivity index (χ1n) is 8.29. The monoisotopic (exact) mass is 292 g/mol. The SMILES string of the molecule is CC(C)N(CCC#N)C(=O)C1CCCN1C1CCNCC1. The summed E-state index contributed by atoms with van der Waals surface area (Å²) in [6, 6.07) is 2.91. The highest BCUT2D eigenvalue weighted by molar-refractivity contribution is 5.82. The molecule has 2 saturated heterocycles. The molecule has 2 fully saturated rings. The van der Waals surface area contributed by atoms with Crippen molar-refractivity contribution in [1.29, 1.82) is 5.26 Å². The van der Waals surface area contributed by atoms with Crippen LogP contribution in [0.25, 0.3) is 0 Å². The molecule has 0 saturated carbocycles. The van der Waals surface area contributed by atoms with Crippen LogP contribution in [0, 0.1) is 11.3 Å². The number of rotatable bonds is 5. The van der Waals surface area contributed by atoms with Gasteiger partial charge in [0.15, 0.2) is 0 Å². The molecule has 21 heavy (non-hydrogen) atoms.